The summed E-state index contributed by atoms with van der Waals surface area (Å²) in [4.78, 5) is 23.4. The van der Waals surface area contributed by atoms with Crippen LogP contribution in [0.25, 0.3) is 5.69 Å². The second-order valence-corrected chi connectivity index (χ2v) is 8.37. The van der Waals surface area contributed by atoms with Crippen molar-refractivity contribution in [1.29, 1.82) is 0 Å². The third kappa shape index (κ3) is 5.53. The maximum Gasteiger partial charge on any atom is 0.242 e. The number of anilines is 2. The third-order valence-electron chi connectivity index (χ3n) is 4.18. The van der Waals surface area contributed by atoms with Gasteiger partial charge in [-0.3, -0.25) is 9.59 Å². The Morgan fingerprint density at radius 1 is 1.06 bits per heavy atom. The van der Waals surface area contributed by atoms with E-state index in [2.05, 4.69) is 20.5 Å². The van der Waals surface area contributed by atoms with Gasteiger partial charge in [0, 0.05) is 30.7 Å². The van der Waals surface area contributed by atoms with Crippen molar-refractivity contribution in [3.05, 3.63) is 66.7 Å². The lowest BCUT2D eigenvalue weighted by Crippen LogP contribution is -2.41. The van der Waals surface area contributed by atoms with Crippen LogP contribution in [0.15, 0.2) is 65.8 Å². The highest BCUT2D eigenvalue weighted by Gasteiger charge is 2.22. The summed E-state index contributed by atoms with van der Waals surface area (Å²) in [5.74, 6) is -1.55. The molecule has 0 unspecified atom stereocenters. The van der Waals surface area contributed by atoms with Crippen molar-refractivity contribution in [3.8, 4) is 5.69 Å². The number of amides is 2. The Balaban J connectivity index is 1.66. The number of carbonyl (C=O) groups is 2. The number of benzene rings is 2. The lowest BCUT2D eigenvalue weighted by atomic mass is 10.2. The Morgan fingerprint density at radius 3 is 2.32 bits per heavy atom. The average Bonchev–Trinajstić information content (AvgIpc) is 3.22. The van der Waals surface area contributed by atoms with Crippen LogP contribution < -0.4 is 15.4 Å². The van der Waals surface area contributed by atoms with Gasteiger partial charge in [0.2, 0.25) is 21.8 Å². The van der Waals surface area contributed by atoms with E-state index in [0.717, 1.165) is 6.07 Å². The van der Waals surface area contributed by atoms with Crippen LogP contribution in [-0.4, -0.2) is 36.1 Å². The average molecular weight is 445 g/mol. The first-order valence-electron chi connectivity index (χ1n) is 9.16. The number of carbonyl (C=O) groups excluding carboxylic acids is 2. The van der Waals surface area contributed by atoms with Crippen LogP contribution >= 0.6 is 0 Å². The first-order chi connectivity index (χ1) is 14.7. The van der Waals surface area contributed by atoms with Gasteiger partial charge in [0.05, 0.1) is 10.9 Å². The molecule has 3 rings (SSSR count). The van der Waals surface area contributed by atoms with Crippen LogP contribution in [0, 0.1) is 5.82 Å². The van der Waals surface area contributed by atoms with E-state index in [4.69, 9.17) is 0 Å². The molecule has 31 heavy (non-hydrogen) atoms. The lowest BCUT2D eigenvalue weighted by molar-refractivity contribution is -0.117. The predicted molar refractivity (Wildman–Crippen MR) is 113 cm³/mol. The molecule has 162 valence electrons. The molecule has 2 aromatic carbocycles. The first-order valence-corrected chi connectivity index (χ1v) is 10.6. The van der Waals surface area contributed by atoms with Gasteiger partial charge in [-0.05, 0) is 55.5 Å². The van der Waals surface area contributed by atoms with Gasteiger partial charge in [-0.15, -0.1) is 0 Å². The van der Waals surface area contributed by atoms with E-state index < -0.39 is 27.8 Å². The van der Waals surface area contributed by atoms with Crippen LogP contribution in [-0.2, 0) is 19.6 Å². The van der Waals surface area contributed by atoms with E-state index in [9.17, 15) is 22.4 Å². The van der Waals surface area contributed by atoms with E-state index in [1.54, 1.807) is 12.3 Å². The van der Waals surface area contributed by atoms with Gasteiger partial charge < -0.3 is 10.6 Å². The van der Waals surface area contributed by atoms with Crippen LogP contribution in [0.2, 0.25) is 0 Å². The molecule has 0 aliphatic rings. The molecular weight excluding hydrogens is 425 g/mol. The van der Waals surface area contributed by atoms with Crippen LogP contribution in [0.4, 0.5) is 15.8 Å². The monoisotopic (exact) mass is 445 g/mol. The van der Waals surface area contributed by atoms with Crippen molar-refractivity contribution in [1.82, 2.24) is 14.5 Å². The van der Waals surface area contributed by atoms with E-state index in [0.29, 0.717) is 5.69 Å². The largest absolute Gasteiger partial charge is 0.326 e. The Kier molecular flexibility index (Phi) is 6.47. The number of rotatable bonds is 7. The van der Waals surface area contributed by atoms with Crippen molar-refractivity contribution in [2.45, 2.75) is 24.8 Å². The summed E-state index contributed by atoms with van der Waals surface area (Å²) < 4.78 is 43.0. The predicted octanol–water partition coefficient (Wildman–Crippen LogP) is 2.28. The van der Waals surface area contributed by atoms with Crippen molar-refractivity contribution in [2.24, 2.45) is 0 Å². The normalized spacial score (nSPS) is 12.2. The topological polar surface area (TPSA) is 122 Å². The molecule has 0 radical (unpaired) electrons. The minimum Gasteiger partial charge on any atom is -0.326 e. The number of nitrogens with one attached hydrogen (secondary N) is 3. The summed E-state index contributed by atoms with van der Waals surface area (Å²) >= 11 is 0. The summed E-state index contributed by atoms with van der Waals surface area (Å²) in [5.41, 5.74) is 0.821. The molecular formula is C20H20FN5O4S. The standard InChI is InChI=1S/C20H20FN5O4S/c1-13(25-31(29,30)17-7-4-15(5-8-17)23-14(2)27)20(28)24-16-6-9-19(18(21)12-16)26-11-3-10-22-26/h3-13,25H,1-2H3,(H,23,27)(H,24,28)/t13-/m0/s1. The van der Waals surface area contributed by atoms with Crippen molar-refractivity contribution in [2.75, 3.05) is 10.6 Å². The van der Waals surface area contributed by atoms with Gasteiger partial charge in [0.15, 0.2) is 5.82 Å². The molecule has 11 heteroatoms. The number of aromatic nitrogens is 2. The second-order valence-electron chi connectivity index (χ2n) is 6.65. The molecule has 0 bridgehead atoms. The van der Waals surface area contributed by atoms with E-state index in [1.165, 1.54) is 61.1 Å². The summed E-state index contributed by atoms with van der Waals surface area (Å²) in [6.45, 7) is 2.70. The Bertz CT molecular complexity index is 1190. The van der Waals surface area contributed by atoms with E-state index >= 15 is 0 Å². The molecule has 1 atom stereocenters. The van der Waals surface area contributed by atoms with E-state index in [-0.39, 0.29) is 22.2 Å². The molecule has 0 saturated heterocycles. The Hall–Kier alpha value is -3.57. The molecule has 3 aromatic rings. The molecule has 1 heterocycles. The highest BCUT2D eigenvalue weighted by molar-refractivity contribution is 7.89. The minimum absolute atomic E-state index is 0.0733. The lowest BCUT2D eigenvalue weighted by Gasteiger charge is -2.15. The van der Waals surface area contributed by atoms with Gasteiger partial charge >= 0.3 is 0 Å². The maximum atomic E-state index is 14.3. The quantitative estimate of drug-likeness (QED) is 0.515. The molecule has 0 saturated carbocycles. The highest BCUT2D eigenvalue weighted by Crippen LogP contribution is 2.18. The van der Waals surface area contributed by atoms with Gasteiger partial charge in [-0.25, -0.2) is 17.5 Å². The molecule has 2 amide bonds. The van der Waals surface area contributed by atoms with Crippen molar-refractivity contribution in [3.63, 3.8) is 0 Å². The number of nitrogens with zero attached hydrogens (tertiary/aromatic N) is 2. The summed E-state index contributed by atoms with van der Waals surface area (Å²) in [5, 5.41) is 8.96. The fourth-order valence-electron chi connectivity index (χ4n) is 2.71. The summed E-state index contributed by atoms with van der Waals surface area (Å²) in [7, 11) is -4.00. The second kappa shape index (κ2) is 9.06. The fourth-order valence-corrected chi connectivity index (χ4v) is 3.91. The van der Waals surface area contributed by atoms with Gasteiger partial charge in [-0.1, -0.05) is 0 Å². The zero-order valence-corrected chi connectivity index (χ0v) is 17.5. The molecule has 0 spiro atoms. The Morgan fingerprint density at radius 2 is 1.74 bits per heavy atom. The van der Waals surface area contributed by atoms with Crippen LogP contribution in [0.5, 0.6) is 0 Å². The SMILES string of the molecule is CC(=O)Nc1ccc(S(=O)(=O)N[C@@H](C)C(=O)Nc2ccc(-n3cccn3)c(F)c2)cc1. The van der Waals surface area contributed by atoms with Crippen LogP contribution in [0.1, 0.15) is 13.8 Å². The van der Waals surface area contributed by atoms with Gasteiger partial charge in [0.1, 0.15) is 5.69 Å². The Labute approximate surface area is 178 Å². The molecule has 0 aliphatic heterocycles. The molecule has 9 nitrogen and oxygen atoms in total. The smallest absolute Gasteiger partial charge is 0.242 e. The van der Waals surface area contributed by atoms with Crippen molar-refractivity contribution < 1.29 is 22.4 Å². The van der Waals surface area contributed by atoms with Gasteiger partial charge in [-0.2, -0.15) is 9.82 Å². The number of sulfonamides is 1. The maximum absolute atomic E-state index is 14.3. The molecule has 0 fully saturated rings. The van der Waals surface area contributed by atoms with Crippen molar-refractivity contribution >= 4 is 33.2 Å². The molecule has 3 N–H and O–H groups in total. The number of hydrogen-bond donors (Lipinski definition) is 3. The van der Waals surface area contributed by atoms with Gasteiger partial charge in [0.25, 0.3) is 0 Å². The highest BCUT2D eigenvalue weighted by atomic mass is 32.2. The fraction of sp³-hybridized carbons (Fsp3) is 0.150. The zero-order valence-electron chi connectivity index (χ0n) is 16.7. The van der Waals surface area contributed by atoms with E-state index in [1.807, 2.05) is 0 Å². The summed E-state index contributed by atoms with van der Waals surface area (Å²) in [6.07, 6.45) is 3.09. The zero-order chi connectivity index (χ0) is 22.6. The molecule has 1 aromatic heterocycles. The molecule has 0 aliphatic carbocycles. The number of hydrogen-bond acceptors (Lipinski definition) is 5. The minimum atomic E-state index is -4.00. The third-order valence-corrected chi connectivity index (χ3v) is 5.73. The van der Waals surface area contributed by atoms with Crippen LogP contribution in [0.3, 0.4) is 0 Å². The first kappa shape index (κ1) is 22.1. The summed E-state index contributed by atoms with van der Waals surface area (Å²) in [6, 6.07) is 10.1. The number of halogens is 1.